The average molecular weight is 398 g/mol. The number of rotatable bonds is 0. The van der Waals surface area contributed by atoms with E-state index in [4.69, 9.17) is 9.47 Å². The van der Waals surface area contributed by atoms with E-state index in [9.17, 15) is 9.59 Å². The number of aryl methyl sites for hydroxylation is 1. The lowest BCUT2D eigenvalue weighted by atomic mass is 10.3. The van der Waals surface area contributed by atoms with Crippen molar-refractivity contribution in [1.29, 1.82) is 0 Å². The van der Waals surface area contributed by atoms with E-state index in [2.05, 4.69) is 31.0 Å². The first kappa shape index (κ1) is 18.6. The minimum atomic E-state index is -0.520. The Balaban J connectivity index is 1.64. The van der Waals surface area contributed by atoms with E-state index in [-0.39, 0.29) is 23.6 Å². The highest BCUT2D eigenvalue weighted by atomic mass is 16.5. The van der Waals surface area contributed by atoms with Crippen LogP contribution in [0, 0.1) is 0 Å². The molecule has 0 unspecified atom stereocenters. The second-order valence-corrected chi connectivity index (χ2v) is 6.14. The average Bonchev–Trinajstić information content (AvgIpc) is 3.34. The van der Waals surface area contributed by atoms with E-state index in [0.29, 0.717) is 31.4 Å². The van der Waals surface area contributed by atoms with Gasteiger partial charge < -0.3 is 20.1 Å². The van der Waals surface area contributed by atoms with Crippen molar-refractivity contribution in [2.24, 2.45) is 7.05 Å². The van der Waals surface area contributed by atoms with Crippen molar-refractivity contribution >= 4 is 17.5 Å². The number of amides is 2. The van der Waals surface area contributed by atoms with Crippen LogP contribution in [0.1, 0.15) is 21.0 Å². The van der Waals surface area contributed by atoms with E-state index in [1.54, 1.807) is 31.6 Å². The predicted octanol–water partition coefficient (Wildman–Crippen LogP) is -0.213. The maximum Gasteiger partial charge on any atom is 0.277 e. The topological polar surface area (TPSA) is 138 Å². The summed E-state index contributed by atoms with van der Waals surface area (Å²) in [5.41, 5.74) is 1.07. The molecule has 4 heterocycles. The molecule has 150 valence electrons. The monoisotopic (exact) mass is 398 g/mol. The van der Waals surface area contributed by atoms with Gasteiger partial charge >= 0.3 is 0 Å². The molecule has 2 amide bonds. The van der Waals surface area contributed by atoms with Crippen molar-refractivity contribution in [2.75, 3.05) is 31.7 Å². The number of ether oxygens (including phenoxy) is 2. The summed E-state index contributed by atoms with van der Waals surface area (Å²) in [7, 11) is 1.66. The normalized spacial score (nSPS) is 15.3. The third kappa shape index (κ3) is 4.21. The summed E-state index contributed by atoms with van der Waals surface area (Å²) in [5.74, 6) is -0.556. The van der Waals surface area contributed by atoms with Gasteiger partial charge in [0.1, 0.15) is 6.61 Å². The van der Waals surface area contributed by atoms with Gasteiger partial charge in [-0.25, -0.2) is 9.67 Å². The standard InChI is InChI=1S/C17H18N8O4/c1-24-9-12-15(22-24)17(27)19-4-5-28-6-7-29-14-8-11(2-3-18-14)25-10-13(21-23-25)16(26)20-12/h2-3,8-10H,4-7H2,1H3,(H,19,27)(H,20,26). The lowest BCUT2D eigenvalue weighted by Crippen LogP contribution is -2.29. The Morgan fingerprint density at radius 1 is 1.14 bits per heavy atom. The van der Waals surface area contributed by atoms with Crippen molar-refractivity contribution in [3.05, 3.63) is 42.1 Å². The van der Waals surface area contributed by atoms with E-state index in [1.165, 1.54) is 15.6 Å². The molecular weight excluding hydrogens is 380 g/mol. The fourth-order valence-electron chi connectivity index (χ4n) is 2.68. The SMILES string of the molecule is Cn1cc2c(n1)C(=O)NCCOCCOc1cc(ccn1)-n1cc(nn1)C(=O)N2. The summed E-state index contributed by atoms with van der Waals surface area (Å²) < 4.78 is 13.9. The Hall–Kier alpha value is -3.80. The van der Waals surface area contributed by atoms with E-state index >= 15 is 0 Å². The predicted molar refractivity (Wildman–Crippen MR) is 99.0 cm³/mol. The molecule has 0 saturated heterocycles. The van der Waals surface area contributed by atoms with Gasteiger partial charge in [0.2, 0.25) is 5.88 Å². The first-order valence-electron chi connectivity index (χ1n) is 8.82. The minimum Gasteiger partial charge on any atom is -0.475 e. The maximum absolute atomic E-state index is 12.6. The van der Waals surface area contributed by atoms with Crippen LogP contribution in [0.2, 0.25) is 0 Å². The highest BCUT2D eigenvalue weighted by molar-refractivity contribution is 6.07. The number of fused-ring (bicyclic) bond motifs is 6. The second-order valence-electron chi connectivity index (χ2n) is 6.14. The highest BCUT2D eigenvalue weighted by Gasteiger charge is 2.20. The van der Waals surface area contributed by atoms with Gasteiger partial charge in [-0.1, -0.05) is 5.21 Å². The number of hydrogen-bond acceptors (Lipinski definition) is 8. The Morgan fingerprint density at radius 2 is 2.03 bits per heavy atom. The van der Waals surface area contributed by atoms with Crippen LogP contribution in [0.15, 0.2) is 30.7 Å². The number of nitrogens with one attached hydrogen (secondary N) is 2. The molecule has 0 aromatic carbocycles. The summed E-state index contributed by atoms with van der Waals surface area (Å²) in [6, 6.07) is 3.39. The fourth-order valence-corrected chi connectivity index (χ4v) is 2.68. The van der Waals surface area contributed by atoms with E-state index < -0.39 is 11.8 Å². The molecule has 3 aromatic heterocycles. The minimum absolute atomic E-state index is 0.0778. The molecule has 0 aliphatic carbocycles. The van der Waals surface area contributed by atoms with Crippen LogP contribution >= 0.6 is 0 Å². The zero-order valence-corrected chi connectivity index (χ0v) is 15.5. The molecule has 29 heavy (non-hydrogen) atoms. The van der Waals surface area contributed by atoms with Crippen LogP contribution in [0.25, 0.3) is 5.69 Å². The van der Waals surface area contributed by atoms with Crippen molar-refractivity contribution < 1.29 is 19.1 Å². The number of pyridine rings is 1. The summed E-state index contributed by atoms with van der Waals surface area (Å²) in [4.78, 5) is 29.1. The van der Waals surface area contributed by atoms with E-state index in [0.717, 1.165) is 0 Å². The quantitative estimate of drug-likeness (QED) is 0.530. The highest BCUT2D eigenvalue weighted by Crippen LogP contribution is 2.16. The maximum atomic E-state index is 12.6. The largest absolute Gasteiger partial charge is 0.475 e. The smallest absolute Gasteiger partial charge is 0.277 e. The van der Waals surface area contributed by atoms with Gasteiger partial charge in [-0.05, 0) is 6.07 Å². The molecular formula is C17H18N8O4. The number of aromatic nitrogens is 6. The Labute approximate surface area is 164 Å². The molecule has 0 fully saturated rings. The zero-order valence-electron chi connectivity index (χ0n) is 15.5. The zero-order chi connectivity index (χ0) is 20.2. The molecule has 1 aliphatic rings. The molecule has 12 nitrogen and oxygen atoms in total. The first-order valence-corrected chi connectivity index (χ1v) is 8.82. The van der Waals surface area contributed by atoms with Crippen molar-refractivity contribution in [2.45, 2.75) is 0 Å². The third-order valence-electron chi connectivity index (χ3n) is 4.01. The Kier molecular flexibility index (Phi) is 5.16. The molecule has 2 N–H and O–H groups in total. The van der Waals surface area contributed by atoms with Crippen LogP contribution in [-0.4, -0.2) is 67.9 Å². The lowest BCUT2D eigenvalue weighted by molar-refractivity contribution is 0.0858. The van der Waals surface area contributed by atoms with Crippen molar-refractivity contribution in [1.82, 2.24) is 35.1 Å². The molecule has 0 atom stereocenters. The number of carbonyl (C=O) groups excluding carboxylic acids is 2. The van der Waals surface area contributed by atoms with Crippen LogP contribution in [0.5, 0.6) is 5.88 Å². The van der Waals surface area contributed by atoms with Gasteiger partial charge in [0.05, 0.1) is 30.8 Å². The van der Waals surface area contributed by atoms with Gasteiger partial charge in [-0.2, -0.15) is 5.10 Å². The number of carbonyl (C=O) groups is 2. The molecule has 1 aliphatic heterocycles. The molecule has 3 aromatic rings. The van der Waals surface area contributed by atoms with Gasteiger partial charge in [-0.15, -0.1) is 5.10 Å². The number of nitrogens with zero attached hydrogens (tertiary/aromatic N) is 6. The first-order chi connectivity index (χ1) is 14.1. The van der Waals surface area contributed by atoms with Crippen LogP contribution in [-0.2, 0) is 11.8 Å². The molecule has 4 bridgehead atoms. The Morgan fingerprint density at radius 3 is 2.93 bits per heavy atom. The summed E-state index contributed by atoms with van der Waals surface area (Å²) in [6.07, 6.45) is 4.58. The number of hydrogen-bond donors (Lipinski definition) is 2. The summed E-state index contributed by atoms with van der Waals surface area (Å²) in [5, 5.41) is 17.3. The van der Waals surface area contributed by atoms with Crippen LogP contribution in [0.4, 0.5) is 5.69 Å². The van der Waals surface area contributed by atoms with Gasteiger partial charge in [0, 0.05) is 32.1 Å². The van der Waals surface area contributed by atoms with Gasteiger partial charge in [0.15, 0.2) is 11.4 Å². The fraction of sp³-hybridized carbons (Fsp3) is 0.294. The Bertz CT molecular complexity index is 1040. The van der Waals surface area contributed by atoms with Crippen molar-refractivity contribution in [3.8, 4) is 11.6 Å². The van der Waals surface area contributed by atoms with Crippen LogP contribution in [0.3, 0.4) is 0 Å². The lowest BCUT2D eigenvalue weighted by Gasteiger charge is -2.09. The summed E-state index contributed by atoms with van der Waals surface area (Å²) in [6.45, 7) is 1.21. The van der Waals surface area contributed by atoms with Gasteiger partial charge in [-0.3, -0.25) is 14.3 Å². The molecule has 0 saturated carbocycles. The molecule has 0 radical (unpaired) electrons. The third-order valence-corrected chi connectivity index (χ3v) is 4.01. The van der Waals surface area contributed by atoms with Gasteiger partial charge in [0.25, 0.3) is 11.8 Å². The molecule has 4 rings (SSSR count). The van der Waals surface area contributed by atoms with E-state index in [1.807, 2.05) is 0 Å². The number of anilines is 1. The van der Waals surface area contributed by atoms with Crippen molar-refractivity contribution in [3.63, 3.8) is 0 Å². The summed E-state index contributed by atoms with van der Waals surface area (Å²) >= 11 is 0. The molecule has 0 spiro atoms. The molecule has 12 heteroatoms. The second kappa shape index (κ2) is 8.06. The van der Waals surface area contributed by atoms with Crippen LogP contribution < -0.4 is 15.4 Å².